The van der Waals surface area contributed by atoms with E-state index in [0.717, 1.165) is 39.5 Å². The van der Waals surface area contributed by atoms with Crippen molar-refractivity contribution in [3.63, 3.8) is 0 Å². The van der Waals surface area contributed by atoms with Crippen molar-refractivity contribution < 1.29 is 13.6 Å². The van der Waals surface area contributed by atoms with Gasteiger partial charge < -0.3 is 4.90 Å². The lowest BCUT2D eigenvalue weighted by atomic mass is 9.97. The maximum Gasteiger partial charge on any atom is 0.272 e. The van der Waals surface area contributed by atoms with E-state index < -0.39 is 13.0 Å². The molecule has 0 fully saturated rings. The number of rotatable bonds is 4. The van der Waals surface area contributed by atoms with Crippen LogP contribution in [0.1, 0.15) is 45.0 Å². The molecule has 5 nitrogen and oxygen atoms in total. The van der Waals surface area contributed by atoms with Gasteiger partial charge in [0.1, 0.15) is 12.2 Å². The zero-order chi connectivity index (χ0) is 16.6. The number of carbonyl (C=O) groups excluding carboxylic acids is 1. The molecule has 0 saturated heterocycles. The zero-order valence-corrected chi connectivity index (χ0v) is 13.8. The summed E-state index contributed by atoms with van der Waals surface area (Å²) in [5, 5.41) is 4.82. The Kier molecular flexibility index (Phi) is 4.43. The highest BCUT2D eigenvalue weighted by Crippen LogP contribution is 2.37. The quantitative estimate of drug-likeness (QED) is 0.859. The van der Waals surface area contributed by atoms with Crippen LogP contribution in [0.5, 0.6) is 0 Å². The number of alkyl halides is 2. The molecule has 3 rings (SSSR count). The monoisotopic (exact) mass is 340 g/mol. The van der Waals surface area contributed by atoms with Gasteiger partial charge in [-0.2, -0.15) is 5.10 Å². The van der Waals surface area contributed by atoms with E-state index in [1.54, 1.807) is 23.3 Å². The molecule has 0 bridgehead atoms. The van der Waals surface area contributed by atoms with Crippen LogP contribution >= 0.6 is 11.3 Å². The normalized spacial score (nSPS) is 17.3. The fraction of sp³-hybridized carbons (Fsp3) is 0.533. The summed E-state index contributed by atoms with van der Waals surface area (Å²) in [6, 6.07) is 1.44. The van der Waals surface area contributed by atoms with E-state index in [1.165, 1.54) is 12.3 Å². The lowest BCUT2D eigenvalue weighted by Crippen LogP contribution is -2.34. The second-order valence-electron chi connectivity index (χ2n) is 5.66. The average Bonchev–Trinajstić information content (AvgIpc) is 3.09. The highest BCUT2D eigenvalue weighted by atomic mass is 32.1. The van der Waals surface area contributed by atoms with Crippen molar-refractivity contribution in [2.24, 2.45) is 0 Å². The summed E-state index contributed by atoms with van der Waals surface area (Å²) in [5.74, 6) is -0.285. The van der Waals surface area contributed by atoms with Crippen LogP contribution in [0.4, 0.5) is 8.78 Å². The molecular weight excluding hydrogens is 322 g/mol. The lowest BCUT2D eigenvalue weighted by Gasteiger charge is -2.30. The molecule has 1 aliphatic rings. The third-order valence-electron chi connectivity index (χ3n) is 4.06. The first-order valence-electron chi connectivity index (χ1n) is 7.50. The smallest absolute Gasteiger partial charge is 0.272 e. The number of nitrogens with zero attached hydrogens (tertiary/aromatic N) is 4. The number of halogens is 2. The van der Waals surface area contributed by atoms with Crippen molar-refractivity contribution in [2.45, 2.75) is 45.2 Å². The third kappa shape index (κ3) is 3.12. The maximum absolute atomic E-state index is 12.7. The largest absolute Gasteiger partial charge is 0.332 e. The second-order valence-corrected chi connectivity index (χ2v) is 6.89. The number of aromatic nitrogens is 3. The maximum atomic E-state index is 12.7. The predicted molar refractivity (Wildman–Crippen MR) is 82.9 cm³/mol. The van der Waals surface area contributed by atoms with Gasteiger partial charge in [-0.05, 0) is 32.3 Å². The van der Waals surface area contributed by atoms with Gasteiger partial charge in [0, 0.05) is 13.2 Å². The van der Waals surface area contributed by atoms with E-state index >= 15 is 0 Å². The van der Waals surface area contributed by atoms with E-state index in [9.17, 15) is 13.6 Å². The standard InChI is InChI=1S/C15H18F2N4OS/c1-9-19-10-4-3-5-11(14(10)23-9)20(2)15(22)12-6-7-18-21(12)8-13(16)17/h6-7,11,13H,3-5,8H2,1-2H3/t11-/m1/s1. The number of carbonyl (C=O) groups is 1. The Balaban J connectivity index is 1.85. The minimum Gasteiger partial charge on any atom is -0.332 e. The summed E-state index contributed by atoms with van der Waals surface area (Å²) >= 11 is 1.61. The van der Waals surface area contributed by atoms with E-state index in [1.807, 2.05) is 6.92 Å². The Bertz CT molecular complexity index is 712. The third-order valence-corrected chi connectivity index (χ3v) is 5.18. The SMILES string of the molecule is Cc1nc2c(s1)[C@H](N(C)C(=O)c1ccnn1CC(F)F)CCC2. The summed E-state index contributed by atoms with van der Waals surface area (Å²) in [5.41, 5.74) is 1.26. The molecule has 0 aliphatic heterocycles. The van der Waals surface area contributed by atoms with Crippen LogP contribution in [-0.4, -0.2) is 39.0 Å². The first kappa shape index (κ1) is 16.0. The summed E-state index contributed by atoms with van der Waals surface area (Å²) in [7, 11) is 1.72. The highest BCUT2D eigenvalue weighted by Gasteiger charge is 2.31. The van der Waals surface area contributed by atoms with Crippen molar-refractivity contribution >= 4 is 17.2 Å². The highest BCUT2D eigenvalue weighted by molar-refractivity contribution is 7.11. The number of fused-ring (bicyclic) bond motifs is 1. The van der Waals surface area contributed by atoms with Crippen LogP contribution in [0.25, 0.3) is 0 Å². The van der Waals surface area contributed by atoms with E-state index in [2.05, 4.69) is 10.1 Å². The molecule has 1 amide bonds. The van der Waals surface area contributed by atoms with Gasteiger partial charge in [-0.25, -0.2) is 13.8 Å². The van der Waals surface area contributed by atoms with Gasteiger partial charge in [0.05, 0.1) is 21.6 Å². The molecule has 0 aromatic carbocycles. The van der Waals surface area contributed by atoms with Crippen LogP contribution in [0.15, 0.2) is 12.3 Å². The fourth-order valence-corrected chi connectivity index (χ4v) is 4.15. The van der Waals surface area contributed by atoms with Crippen molar-refractivity contribution in [1.29, 1.82) is 0 Å². The Morgan fingerprint density at radius 2 is 2.35 bits per heavy atom. The van der Waals surface area contributed by atoms with Crippen molar-refractivity contribution in [3.05, 3.63) is 33.5 Å². The Morgan fingerprint density at radius 1 is 1.57 bits per heavy atom. The number of thiazole rings is 1. The molecule has 2 heterocycles. The second kappa shape index (κ2) is 6.35. The van der Waals surface area contributed by atoms with Gasteiger partial charge in [0.2, 0.25) is 0 Å². The molecule has 8 heteroatoms. The number of hydrogen-bond donors (Lipinski definition) is 0. The summed E-state index contributed by atoms with van der Waals surface area (Å²) in [6.45, 7) is 1.39. The van der Waals surface area contributed by atoms with Crippen LogP contribution in [0.3, 0.4) is 0 Å². The Labute approximate surface area is 136 Å². The number of amides is 1. The lowest BCUT2D eigenvalue weighted by molar-refractivity contribution is 0.0693. The molecule has 0 radical (unpaired) electrons. The van der Waals surface area contributed by atoms with Gasteiger partial charge in [-0.3, -0.25) is 9.48 Å². The number of aryl methyl sites for hydroxylation is 2. The molecule has 1 aliphatic carbocycles. The van der Waals surface area contributed by atoms with Crippen LogP contribution < -0.4 is 0 Å². The van der Waals surface area contributed by atoms with Crippen molar-refractivity contribution in [1.82, 2.24) is 19.7 Å². The van der Waals surface area contributed by atoms with Crippen molar-refractivity contribution in [3.8, 4) is 0 Å². The summed E-state index contributed by atoms with van der Waals surface area (Å²) in [6.07, 6.45) is 1.60. The minimum absolute atomic E-state index is 0.0488. The van der Waals surface area contributed by atoms with Gasteiger partial charge in [-0.15, -0.1) is 11.3 Å². The van der Waals surface area contributed by atoms with Gasteiger partial charge in [-0.1, -0.05) is 0 Å². The van der Waals surface area contributed by atoms with Crippen molar-refractivity contribution in [2.75, 3.05) is 7.05 Å². The molecule has 2 aromatic rings. The van der Waals surface area contributed by atoms with Gasteiger partial charge in [0.15, 0.2) is 0 Å². The molecular formula is C15H18F2N4OS. The molecule has 0 N–H and O–H groups in total. The van der Waals surface area contributed by atoms with Crippen LogP contribution in [0, 0.1) is 6.92 Å². The molecule has 124 valence electrons. The first-order chi connectivity index (χ1) is 11.0. The average molecular weight is 340 g/mol. The molecule has 23 heavy (non-hydrogen) atoms. The topological polar surface area (TPSA) is 51.0 Å². The van der Waals surface area contributed by atoms with E-state index in [-0.39, 0.29) is 17.6 Å². The summed E-state index contributed by atoms with van der Waals surface area (Å²) in [4.78, 5) is 20.0. The number of hydrogen-bond acceptors (Lipinski definition) is 4. The molecule has 0 saturated carbocycles. The fourth-order valence-electron chi connectivity index (χ4n) is 3.00. The predicted octanol–water partition coefficient (Wildman–Crippen LogP) is 3.06. The summed E-state index contributed by atoms with van der Waals surface area (Å²) < 4.78 is 26.3. The zero-order valence-electron chi connectivity index (χ0n) is 13.0. The van der Waals surface area contributed by atoms with Gasteiger partial charge in [0.25, 0.3) is 12.3 Å². The first-order valence-corrected chi connectivity index (χ1v) is 8.32. The Morgan fingerprint density at radius 3 is 3.09 bits per heavy atom. The van der Waals surface area contributed by atoms with Gasteiger partial charge >= 0.3 is 0 Å². The minimum atomic E-state index is -2.54. The van der Waals surface area contributed by atoms with E-state index in [0.29, 0.717) is 0 Å². The molecule has 1 atom stereocenters. The van der Waals surface area contributed by atoms with E-state index in [4.69, 9.17) is 0 Å². The Hall–Kier alpha value is -1.83. The van der Waals surface area contributed by atoms with Crippen LogP contribution in [-0.2, 0) is 13.0 Å². The van der Waals surface area contributed by atoms with Crippen LogP contribution in [0.2, 0.25) is 0 Å². The molecule has 0 unspecified atom stereocenters. The molecule has 2 aromatic heterocycles. The molecule has 0 spiro atoms.